The van der Waals surface area contributed by atoms with Crippen molar-refractivity contribution in [3.8, 4) is 0 Å². The van der Waals surface area contributed by atoms with Gasteiger partial charge in [-0.15, -0.1) is 24.2 Å². The summed E-state index contributed by atoms with van der Waals surface area (Å²) < 4.78 is 0. The van der Waals surface area contributed by atoms with Crippen LogP contribution in [0.25, 0.3) is 0 Å². The fraction of sp³-hybridized carbons (Fsp3) is 0.458. The Balaban J connectivity index is 0.00000300. The van der Waals surface area contributed by atoms with Crippen LogP contribution in [0.4, 0.5) is 0 Å². The van der Waals surface area contributed by atoms with Gasteiger partial charge in [-0.3, -0.25) is 4.79 Å². The number of nitrogens with one attached hydrogen (secondary N) is 1. The number of rotatable bonds is 5. The molecule has 0 aromatic heterocycles. The third-order valence-electron chi connectivity index (χ3n) is 5.12. The Kier molecular flexibility index (Phi) is 8.66. The molecule has 0 unspecified atom stereocenters. The van der Waals surface area contributed by atoms with Gasteiger partial charge in [0.15, 0.2) is 5.78 Å². The Labute approximate surface area is 190 Å². The lowest BCUT2D eigenvalue weighted by Gasteiger charge is -2.19. The van der Waals surface area contributed by atoms with Crippen molar-refractivity contribution in [1.82, 2.24) is 5.32 Å². The molecule has 0 saturated carbocycles. The number of Topliss-reactive ketones (excluding diaryl/α,β-unsaturated/α-hetero) is 1. The van der Waals surface area contributed by atoms with Gasteiger partial charge in [-0.05, 0) is 61.0 Å². The molecule has 5 heteroatoms. The molecule has 3 rings (SSSR count). The minimum absolute atomic E-state index is 0. The van der Waals surface area contributed by atoms with E-state index in [4.69, 9.17) is 11.6 Å². The van der Waals surface area contributed by atoms with Crippen molar-refractivity contribution in [2.75, 3.05) is 13.1 Å². The SMILES string of the molecule is C[C@H](Sc1c(Cl)ccc2c1CCNCC2)c1ccc(C(=O)CC(C)(C)C)cc1.Cl. The van der Waals surface area contributed by atoms with E-state index in [2.05, 4.69) is 51.2 Å². The zero-order valence-corrected chi connectivity index (χ0v) is 20.1. The molecule has 1 heterocycles. The largest absolute Gasteiger partial charge is 0.316 e. The third kappa shape index (κ3) is 6.49. The number of hydrogen-bond acceptors (Lipinski definition) is 3. The van der Waals surface area contributed by atoms with E-state index in [-0.39, 0.29) is 28.9 Å². The predicted molar refractivity (Wildman–Crippen MR) is 128 cm³/mol. The van der Waals surface area contributed by atoms with Crippen LogP contribution in [0.1, 0.15) is 66.4 Å². The van der Waals surface area contributed by atoms with E-state index in [9.17, 15) is 4.79 Å². The van der Waals surface area contributed by atoms with Crippen molar-refractivity contribution in [2.45, 2.75) is 57.1 Å². The summed E-state index contributed by atoms with van der Waals surface area (Å²) >= 11 is 8.42. The van der Waals surface area contributed by atoms with Gasteiger partial charge in [0, 0.05) is 22.1 Å². The van der Waals surface area contributed by atoms with E-state index < -0.39 is 0 Å². The summed E-state index contributed by atoms with van der Waals surface area (Å²) in [6.07, 6.45) is 2.64. The maximum atomic E-state index is 12.4. The van der Waals surface area contributed by atoms with Gasteiger partial charge >= 0.3 is 0 Å². The zero-order chi connectivity index (χ0) is 20.3. The van der Waals surface area contributed by atoms with Crippen LogP contribution in [0.3, 0.4) is 0 Å². The summed E-state index contributed by atoms with van der Waals surface area (Å²) in [5.41, 5.74) is 4.83. The molecule has 0 saturated heterocycles. The molecule has 2 aromatic carbocycles. The number of benzene rings is 2. The first kappa shape index (κ1) is 24.3. The molecular formula is C24H31Cl2NOS. The van der Waals surface area contributed by atoms with E-state index in [1.807, 2.05) is 30.0 Å². The van der Waals surface area contributed by atoms with E-state index in [1.165, 1.54) is 21.6 Å². The van der Waals surface area contributed by atoms with Crippen LogP contribution in [0.2, 0.25) is 5.02 Å². The standard InChI is InChI=1S/C24H30ClNOS.ClH/c1-16(17-5-7-19(8-6-17)22(27)15-24(2,3)4)28-23-20-12-14-26-13-11-18(20)9-10-21(23)25;/h5-10,16,26H,11-15H2,1-4H3;1H/t16-;/m0./s1. The second kappa shape index (κ2) is 10.3. The topological polar surface area (TPSA) is 29.1 Å². The summed E-state index contributed by atoms with van der Waals surface area (Å²) in [5.74, 6) is 0.211. The van der Waals surface area contributed by atoms with Gasteiger partial charge in [-0.25, -0.2) is 0 Å². The van der Waals surface area contributed by atoms with Crippen LogP contribution >= 0.6 is 35.8 Å². The van der Waals surface area contributed by atoms with E-state index in [0.29, 0.717) is 6.42 Å². The van der Waals surface area contributed by atoms with Crippen LogP contribution in [-0.4, -0.2) is 18.9 Å². The van der Waals surface area contributed by atoms with Gasteiger partial charge in [-0.2, -0.15) is 0 Å². The highest BCUT2D eigenvalue weighted by atomic mass is 35.5. The van der Waals surface area contributed by atoms with Crippen LogP contribution in [0.5, 0.6) is 0 Å². The zero-order valence-electron chi connectivity index (χ0n) is 17.7. The molecule has 1 aliphatic heterocycles. The van der Waals surface area contributed by atoms with E-state index in [1.54, 1.807) is 0 Å². The Morgan fingerprint density at radius 1 is 1.10 bits per heavy atom. The van der Waals surface area contributed by atoms with Crippen molar-refractivity contribution in [3.05, 3.63) is 63.7 Å². The molecule has 2 nitrogen and oxygen atoms in total. The summed E-state index contributed by atoms with van der Waals surface area (Å²) in [4.78, 5) is 13.7. The number of ketones is 1. The smallest absolute Gasteiger partial charge is 0.163 e. The average molecular weight is 452 g/mol. The lowest BCUT2D eigenvalue weighted by Crippen LogP contribution is -2.16. The summed E-state index contributed by atoms with van der Waals surface area (Å²) in [7, 11) is 0. The van der Waals surface area contributed by atoms with Crippen LogP contribution < -0.4 is 5.32 Å². The molecule has 1 N–H and O–H groups in total. The van der Waals surface area contributed by atoms with Crippen molar-refractivity contribution in [3.63, 3.8) is 0 Å². The van der Waals surface area contributed by atoms with Crippen LogP contribution in [-0.2, 0) is 12.8 Å². The Morgan fingerprint density at radius 3 is 2.41 bits per heavy atom. The predicted octanol–water partition coefficient (Wildman–Crippen LogP) is 6.92. The first-order chi connectivity index (χ1) is 13.2. The number of carbonyl (C=O) groups is 1. The highest BCUT2D eigenvalue weighted by molar-refractivity contribution is 7.99. The van der Waals surface area contributed by atoms with Gasteiger partial charge in [0.1, 0.15) is 0 Å². The molecule has 0 radical (unpaired) electrons. The summed E-state index contributed by atoms with van der Waals surface area (Å²) in [6.45, 7) is 10.5. The number of halogens is 2. The number of carbonyl (C=O) groups excluding carboxylic acids is 1. The quantitative estimate of drug-likeness (QED) is 0.394. The van der Waals surface area contributed by atoms with Gasteiger partial charge in [0.05, 0.1) is 5.02 Å². The van der Waals surface area contributed by atoms with E-state index >= 15 is 0 Å². The van der Waals surface area contributed by atoms with Crippen LogP contribution in [0.15, 0.2) is 41.3 Å². The van der Waals surface area contributed by atoms with Crippen molar-refractivity contribution >= 4 is 41.6 Å². The van der Waals surface area contributed by atoms with Gasteiger partial charge in [-0.1, -0.05) is 62.7 Å². The summed E-state index contributed by atoms with van der Waals surface area (Å²) in [6, 6.07) is 12.3. The lowest BCUT2D eigenvalue weighted by molar-refractivity contribution is 0.0940. The molecule has 0 amide bonds. The Bertz CT molecular complexity index is 843. The minimum Gasteiger partial charge on any atom is -0.316 e. The molecule has 1 atom stereocenters. The lowest BCUT2D eigenvalue weighted by atomic mass is 9.88. The number of fused-ring (bicyclic) bond motifs is 1. The molecule has 0 bridgehead atoms. The van der Waals surface area contributed by atoms with Gasteiger partial charge in [0.2, 0.25) is 0 Å². The maximum absolute atomic E-state index is 12.4. The minimum atomic E-state index is 0. The Hall–Kier alpha value is -1.00. The highest BCUT2D eigenvalue weighted by Crippen LogP contribution is 2.42. The van der Waals surface area contributed by atoms with E-state index in [0.717, 1.165) is 36.5 Å². The molecule has 0 fully saturated rings. The molecule has 29 heavy (non-hydrogen) atoms. The maximum Gasteiger partial charge on any atom is 0.163 e. The third-order valence-corrected chi connectivity index (χ3v) is 6.87. The second-order valence-electron chi connectivity index (χ2n) is 8.81. The van der Waals surface area contributed by atoms with Gasteiger partial charge in [0.25, 0.3) is 0 Å². The normalized spacial score (nSPS) is 15.1. The molecule has 158 valence electrons. The molecule has 1 aliphatic rings. The van der Waals surface area contributed by atoms with Crippen molar-refractivity contribution < 1.29 is 4.79 Å². The first-order valence-corrected chi connectivity index (χ1v) is 11.3. The molecule has 2 aromatic rings. The molecule has 0 aliphatic carbocycles. The highest BCUT2D eigenvalue weighted by Gasteiger charge is 2.20. The molecular weight excluding hydrogens is 421 g/mol. The summed E-state index contributed by atoms with van der Waals surface area (Å²) in [5, 5.41) is 4.59. The second-order valence-corrected chi connectivity index (χ2v) is 10.6. The van der Waals surface area contributed by atoms with Crippen molar-refractivity contribution in [1.29, 1.82) is 0 Å². The average Bonchev–Trinajstić information content (AvgIpc) is 2.88. The van der Waals surface area contributed by atoms with Gasteiger partial charge < -0.3 is 5.32 Å². The number of hydrogen-bond donors (Lipinski definition) is 1. The monoisotopic (exact) mass is 451 g/mol. The first-order valence-electron chi connectivity index (χ1n) is 10.1. The van der Waals surface area contributed by atoms with Crippen LogP contribution in [0, 0.1) is 5.41 Å². The number of thioether (sulfide) groups is 1. The molecule has 0 spiro atoms. The Morgan fingerprint density at radius 2 is 1.76 bits per heavy atom. The fourth-order valence-corrected chi connectivity index (χ4v) is 5.12. The fourth-order valence-electron chi connectivity index (χ4n) is 3.61. The van der Waals surface area contributed by atoms with Crippen molar-refractivity contribution in [2.24, 2.45) is 5.41 Å².